The molecule has 1 fully saturated rings. The number of nitrogen functional groups attached to an aromatic ring is 1. The van der Waals surface area contributed by atoms with E-state index in [4.69, 9.17) is 10.3 Å². The van der Waals surface area contributed by atoms with E-state index >= 15 is 0 Å². The summed E-state index contributed by atoms with van der Waals surface area (Å²) in [6, 6.07) is 3.44. The number of hydrogen-bond acceptors (Lipinski definition) is 6. The second kappa shape index (κ2) is 4.94. The fourth-order valence-electron chi connectivity index (χ4n) is 3.01. The second-order valence-corrected chi connectivity index (χ2v) is 5.61. The molecule has 4 rings (SSSR count). The van der Waals surface area contributed by atoms with Gasteiger partial charge in [-0.25, -0.2) is 9.97 Å². The topological polar surface area (TPSA) is 111 Å². The van der Waals surface area contributed by atoms with Crippen molar-refractivity contribution >= 4 is 16.9 Å². The third-order valence-corrected chi connectivity index (χ3v) is 4.16. The summed E-state index contributed by atoms with van der Waals surface area (Å²) in [5.41, 5.74) is 7.50. The predicted octanol–water partition coefficient (Wildman–Crippen LogP) is 2.21. The molecule has 0 aromatic carbocycles. The highest BCUT2D eigenvalue weighted by molar-refractivity contribution is 5.76. The maximum atomic E-state index is 12.2. The standard InChI is InChI=1S/C15H15N5O2/c16-10-6-5-9(7-17-10)14-18-12-11(8-3-1-2-4-8)20-22-13(12)15(21)19-14/h5-8H,1-4H2,(H2,16,17)(H,18,19,21). The van der Waals surface area contributed by atoms with Crippen molar-refractivity contribution in [1.29, 1.82) is 0 Å². The lowest BCUT2D eigenvalue weighted by Gasteiger charge is -2.04. The largest absolute Gasteiger partial charge is 0.384 e. The fraction of sp³-hybridized carbons (Fsp3) is 0.333. The Morgan fingerprint density at radius 1 is 1.27 bits per heavy atom. The van der Waals surface area contributed by atoms with Crippen molar-refractivity contribution in [2.75, 3.05) is 5.73 Å². The lowest BCUT2D eigenvalue weighted by Crippen LogP contribution is -2.09. The van der Waals surface area contributed by atoms with Crippen LogP contribution in [0.1, 0.15) is 37.3 Å². The molecular weight excluding hydrogens is 282 g/mol. The molecule has 3 N–H and O–H groups in total. The van der Waals surface area contributed by atoms with Gasteiger partial charge < -0.3 is 15.2 Å². The number of nitrogens with zero attached hydrogens (tertiary/aromatic N) is 3. The Hall–Kier alpha value is -2.70. The molecule has 7 nitrogen and oxygen atoms in total. The zero-order chi connectivity index (χ0) is 15.1. The van der Waals surface area contributed by atoms with Gasteiger partial charge in [0.15, 0.2) is 0 Å². The number of nitrogens with two attached hydrogens (primary N) is 1. The van der Waals surface area contributed by atoms with Gasteiger partial charge in [-0.05, 0) is 25.0 Å². The van der Waals surface area contributed by atoms with Gasteiger partial charge in [0.25, 0.3) is 5.56 Å². The lowest BCUT2D eigenvalue weighted by atomic mass is 10.0. The van der Waals surface area contributed by atoms with Crippen LogP contribution in [0.2, 0.25) is 0 Å². The summed E-state index contributed by atoms with van der Waals surface area (Å²) in [7, 11) is 0. The molecule has 1 aliphatic carbocycles. The van der Waals surface area contributed by atoms with Crippen LogP contribution < -0.4 is 11.3 Å². The van der Waals surface area contributed by atoms with Crippen molar-refractivity contribution in [3.05, 3.63) is 34.4 Å². The number of aromatic nitrogens is 4. The van der Waals surface area contributed by atoms with E-state index in [0.717, 1.165) is 18.5 Å². The Bertz CT molecular complexity index is 875. The molecule has 0 saturated heterocycles. The molecule has 22 heavy (non-hydrogen) atoms. The zero-order valence-corrected chi connectivity index (χ0v) is 11.9. The van der Waals surface area contributed by atoms with Gasteiger partial charge in [0, 0.05) is 17.7 Å². The quantitative estimate of drug-likeness (QED) is 0.750. The molecule has 0 amide bonds. The first-order valence-electron chi connectivity index (χ1n) is 7.34. The summed E-state index contributed by atoms with van der Waals surface area (Å²) in [4.78, 5) is 23.5. The van der Waals surface area contributed by atoms with Gasteiger partial charge >= 0.3 is 0 Å². The van der Waals surface area contributed by atoms with Crippen LogP contribution >= 0.6 is 0 Å². The van der Waals surface area contributed by atoms with Crippen LogP contribution in [0.5, 0.6) is 0 Å². The number of pyridine rings is 1. The third-order valence-electron chi connectivity index (χ3n) is 4.16. The Morgan fingerprint density at radius 2 is 2.09 bits per heavy atom. The van der Waals surface area contributed by atoms with Crippen LogP contribution in [0.25, 0.3) is 22.5 Å². The molecule has 0 bridgehead atoms. The van der Waals surface area contributed by atoms with Crippen LogP contribution in [-0.2, 0) is 0 Å². The van der Waals surface area contributed by atoms with Crippen LogP contribution in [0.15, 0.2) is 27.6 Å². The molecule has 1 aliphatic rings. The monoisotopic (exact) mass is 297 g/mol. The molecule has 3 aromatic heterocycles. The number of fused-ring (bicyclic) bond motifs is 1. The van der Waals surface area contributed by atoms with Crippen molar-refractivity contribution in [3.63, 3.8) is 0 Å². The van der Waals surface area contributed by atoms with E-state index in [9.17, 15) is 4.79 Å². The number of rotatable bonds is 2. The fourth-order valence-corrected chi connectivity index (χ4v) is 3.01. The van der Waals surface area contributed by atoms with E-state index in [2.05, 4.69) is 20.1 Å². The number of aromatic amines is 1. The first-order valence-corrected chi connectivity index (χ1v) is 7.34. The Balaban J connectivity index is 1.88. The zero-order valence-electron chi connectivity index (χ0n) is 11.9. The Labute approximate surface area is 125 Å². The second-order valence-electron chi connectivity index (χ2n) is 5.61. The highest BCUT2D eigenvalue weighted by Crippen LogP contribution is 2.36. The van der Waals surface area contributed by atoms with E-state index in [1.807, 2.05) is 0 Å². The number of anilines is 1. The van der Waals surface area contributed by atoms with E-state index in [1.54, 1.807) is 18.3 Å². The molecule has 0 spiro atoms. The summed E-state index contributed by atoms with van der Waals surface area (Å²) in [6.45, 7) is 0. The minimum atomic E-state index is -0.325. The van der Waals surface area contributed by atoms with Crippen molar-refractivity contribution in [1.82, 2.24) is 20.1 Å². The van der Waals surface area contributed by atoms with Gasteiger partial charge in [0.05, 0.1) is 0 Å². The summed E-state index contributed by atoms with van der Waals surface area (Å²) in [5, 5.41) is 4.09. The smallest absolute Gasteiger partial charge is 0.297 e. The molecule has 0 unspecified atom stereocenters. The van der Waals surface area contributed by atoms with Gasteiger partial charge in [-0.15, -0.1) is 0 Å². The first-order chi connectivity index (χ1) is 10.7. The van der Waals surface area contributed by atoms with Gasteiger partial charge in [-0.1, -0.05) is 18.0 Å². The van der Waals surface area contributed by atoms with Crippen molar-refractivity contribution in [3.8, 4) is 11.4 Å². The van der Waals surface area contributed by atoms with Gasteiger partial charge in [0.2, 0.25) is 5.58 Å². The lowest BCUT2D eigenvalue weighted by molar-refractivity contribution is 0.434. The molecule has 0 atom stereocenters. The summed E-state index contributed by atoms with van der Waals surface area (Å²) < 4.78 is 5.21. The maximum Gasteiger partial charge on any atom is 0.297 e. The van der Waals surface area contributed by atoms with Crippen molar-refractivity contribution in [2.24, 2.45) is 0 Å². The van der Waals surface area contributed by atoms with Crippen molar-refractivity contribution in [2.45, 2.75) is 31.6 Å². The molecule has 0 radical (unpaired) electrons. The highest BCUT2D eigenvalue weighted by Gasteiger charge is 2.25. The van der Waals surface area contributed by atoms with Crippen LogP contribution in [0.4, 0.5) is 5.82 Å². The van der Waals surface area contributed by atoms with E-state index in [1.165, 1.54) is 12.8 Å². The van der Waals surface area contributed by atoms with E-state index in [0.29, 0.717) is 28.6 Å². The number of H-pyrrole nitrogens is 1. The Morgan fingerprint density at radius 3 is 2.82 bits per heavy atom. The summed E-state index contributed by atoms with van der Waals surface area (Å²) in [5.74, 6) is 1.20. The number of nitrogens with one attached hydrogen (secondary N) is 1. The van der Waals surface area contributed by atoms with Gasteiger partial charge in [0.1, 0.15) is 22.9 Å². The SMILES string of the molecule is Nc1ccc(-c2nc3c(C4CCCC4)noc3c(=O)[nH]2)cn1. The average Bonchev–Trinajstić information content (AvgIpc) is 3.16. The van der Waals surface area contributed by atoms with Crippen molar-refractivity contribution < 1.29 is 4.52 Å². The van der Waals surface area contributed by atoms with Gasteiger partial charge in [-0.2, -0.15) is 0 Å². The van der Waals surface area contributed by atoms with E-state index < -0.39 is 0 Å². The minimum Gasteiger partial charge on any atom is -0.384 e. The molecule has 0 aliphatic heterocycles. The number of hydrogen-bond donors (Lipinski definition) is 2. The highest BCUT2D eigenvalue weighted by atomic mass is 16.5. The molecule has 112 valence electrons. The summed E-state index contributed by atoms with van der Waals surface area (Å²) in [6.07, 6.45) is 6.07. The molecule has 1 saturated carbocycles. The average molecular weight is 297 g/mol. The van der Waals surface area contributed by atoms with Gasteiger partial charge in [-0.3, -0.25) is 4.79 Å². The normalized spacial score (nSPS) is 15.6. The molecular formula is C15H15N5O2. The molecule has 3 heterocycles. The maximum absolute atomic E-state index is 12.2. The molecule has 7 heteroatoms. The minimum absolute atomic E-state index is 0.189. The van der Waals surface area contributed by atoms with Crippen LogP contribution in [0.3, 0.4) is 0 Å². The third kappa shape index (κ3) is 2.05. The summed E-state index contributed by atoms with van der Waals surface area (Å²) >= 11 is 0. The Kier molecular flexibility index (Phi) is 2.92. The predicted molar refractivity (Wildman–Crippen MR) is 81.3 cm³/mol. The van der Waals surface area contributed by atoms with Crippen LogP contribution in [-0.4, -0.2) is 20.1 Å². The first kappa shape index (κ1) is 13.0. The van der Waals surface area contributed by atoms with Crippen LogP contribution in [0, 0.1) is 0 Å². The molecule has 3 aromatic rings. The van der Waals surface area contributed by atoms with E-state index in [-0.39, 0.29) is 11.1 Å².